The third-order valence-corrected chi connectivity index (χ3v) is 4.58. The number of hydrogen-bond acceptors (Lipinski definition) is 7. The van der Waals surface area contributed by atoms with E-state index in [-0.39, 0.29) is 47.3 Å². The molecule has 1 aromatic rings. The fourth-order valence-corrected chi connectivity index (χ4v) is 2.74. The van der Waals surface area contributed by atoms with E-state index in [0.29, 0.717) is 0 Å². The third-order valence-electron chi connectivity index (χ3n) is 3.91. The molecule has 0 bridgehead atoms. The quantitative estimate of drug-likeness (QED) is 0.195. The molecule has 152 valence electrons. The van der Waals surface area contributed by atoms with Crippen LogP contribution in [0.4, 0.5) is 0 Å². The van der Waals surface area contributed by atoms with Crippen molar-refractivity contribution in [3.63, 3.8) is 0 Å². The first-order valence-electron chi connectivity index (χ1n) is 9.22. The monoisotopic (exact) mass is 422 g/mol. The molecular formula is C19H27NaO7S. The molecule has 0 aliphatic heterocycles. The Morgan fingerprint density at radius 3 is 1.82 bits per heavy atom. The zero-order chi connectivity index (χ0) is 20.1. The normalized spacial score (nSPS) is 10.8. The second-order valence-corrected chi connectivity index (χ2v) is 7.72. The van der Waals surface area contributed by atoms with Crippen LogP contribution in [0.25, 0.3) is 0 Å². The molecule has 0 heterocycles. The summed E-state index contributed by atoms with van der Waals surface area (Å²) in [4.78, 5) is 24.2. The van der Waals surface area contributed by atoms with Crippen molar-refractivity contribution in [1.29, 1.82) is 0 Å². The number of benzene rings is 1. The largest absolute Gasteiger partial charge is 1.00 e. The Labute approximate surface area is 189 Å². The second kappa shape index (κ2) is 15.0. The smallest absolute Gasteiger partial charge is 0.748 e. The molecule has 0 N–H and O–H groups in total. The maximum absolute atomic E-state index is 12.2. The van der Waals surface area contributed by atoms with Crippen molar-refractivity contribution in [3.05, 3.63) is 35.4 Å². The summed E-state index contributed by atoms with van der Waals surface area (Å²) in [5.41, 5.74) is 0.0285. The van der Waals surface area contributed by atoms with Crippen molar-refractivity contribution >= 4 is 22.1 Å². The predicted octanol–water partition coefficient (Wildman–Crippen LogP) is 0.300. The minimum atomic E-state index is -4.47. The summed E-state index contributed by atoms with van der Waals surface area (Å²) in [7, 11) is -4.47. The summed E-state index contributed by atoms with van der Waals surface area (Å²) in [6, 6.07) is 5.96. The van der Waals surface area contributed by atoms with Gasteiger partial charge in [0.15, 0.2) is 0 Å². The Balaban J connectivity index is 0.00000729. The van der Waals surface area contributed by atoms with Crippen molar-refractivity contribution in [3.8, 4) is 0 Å². The third kappa shape index (κ3) is 11.8. The molecule has 0 radical (unpaired) electrons. The van der Waals surface area contributed by atoms with Crippen molar-refractivity contribution in [1.82, 2.24) is 0 Å². The fraction of sp³-hybridized carbons (Fsp3) is 0.579. The van der Waals surface area contributed by atoms with Gasteiger partial charge >= 0.3 is 41.5 Å². The SMILES string of the molecule is CCCCCCCCCOC(=O)c1ccccc1C(=O)OCCS(=O)(=O)[O-].[Na+]. The van der Waals surface area contributed by atoms with Gasteiger partial charge in [0.2, 0.25) is 0 Å². The number of hydrogen-bond donors (Lipinski definition) is 0. The van der Waals surface area contributed by atoms with E-state index < -0.39 is 34.4 Å². The van der Waals surface area contributed by atoms with E-state index in [4.69, 9.17) is 9.47 Å². The number of carbonyl (C=O) groups is 2. The van der Waals surface area contributed by atoms with E-state index in [1.54, 1.807) is 12.1 Å². The minimum Gasteiger partial charge on any atom is -0.748 e. The van der Waals surface area contributed by atoms with Crippen LogP contribution in [0.1, 0.15) is 72.6 Å². The van der Waals surface area contributed by atoms with Gasteiger partial charge in [-0.15, -0.1) is 0 Å². The molecule has 7 nitrogen and oxygen atoms in total. The molecule has 0 fully saturated rings. The molecule has 0 amide bonds. The topological polar surface area (TPSA) is 110 Å². The minimum absolute atomic E-state index is 0. The molecule has 1 aromatic carbocycles. The zero-order valence-electron chi connectivity index (χ0n) is 16.6. The molecule has 0 unspecified atom stereocenters. The first-order chi connectivity index (χ1) is 12.8. The van der Waals surface area contributed by atoms with Gasteiger partial charge in [0.1, 0.15) is 6.61 Å². The maximum Gasteiger partial charge on any atom is 1.00 e. The van der Waals surface area contributed by atoms with Crippen molar-refractivity contribution in [2.24, 2.45) is 0 Å². The van der Waals surface area contributed by atoms with Gasteiger partial charge in [-0.25, -0.2) is 18.0 Å². The molecular weight excluding hydrogens is 395 g/mol. The summed E-state index contributed by atoms with van der Waals surface area (Å²) in [6.45, 7) is 1.87. The Morgan fingerprint density at radius 2 is 1.32 bits per heavy atom. The van der Waals surface area contributed by atoms with Crippen LogP contribution < -0.4 is 29.6 Å². The molecule has 1 rings (SSSR count). The number of rotatable bonds is 13. The van der Waals surface area contributed by atoms with Crippen LogP contribution in [0.5, 0.6) is 0 Å². The molecule has 0 saturated heterocycles. The van der Waals surface area contributed by atoms with Crippen LogP contribution in [0, 0.1) is 0 Å². The summed E-state index contributed by atoms with van der Waals surface area (Å²) < 4.78 is 41.6. The number of esters is 2. The van der Waals surface area contributed by atoms with Gasteiger partial charge in [0.05, 0.1) is 33.6 Å². The summed E-state index contributed by atoms with van der Waals surface area (Å²) in [5.74, 6) is -2.32. The molecule has 9 heteroatoms. The fourth-order valence-electron chi connectivity index (χ4n) is 2.46. The van der Waals surface area contributed by atoms with Gasteiger partial charge in [-0.05, 0) is 18.6 Å². The first kappa shape index (κ1) is 27.1. The van der Waals surface area contributed by atoms with Gasteiger partial charge in [-0.1, -0.05) is 57.6 Å². The Kier molecular flexibility index (Phi) is 14.5. The van der Waals surface area contributed by atoms with Gasteiger partial charge < -0.3 is 14.0 Å². The molecule has 28 heavy (non-hydrogen) atoms. The van der Waals surface area contributed by atoms with E-state index in [9.17, 15) is 22.6 Å². The summed E-state index contributed by atoms with van der Waals surface area (Å²) in [6.07, 6.45) is 7.67. The molecule has 0 atom stereocenters. The molecule has 0 saturated carbocycles. The van der Waals surface area contributed by atoms with E-state index in [1.165, 1.54) is 37.8 Å². The van der Waals surface area contributed by atoms with Crippen molar-refractivity contribution in [2.75, 3.05) is 19.0 Å². The number of carbonyl (C=O) groups excluding carboxylic acids is 2. The Morgan fingerprint density at radius 1 is 0.857 bits per heavy atom. The van der Waals surface area contributed by atoms with Crippen molar-refractivity contribution in [2.45, 2.75) is 51.9 Å². The van der Waals surface area contributed by atoms with Crippen LogP contribution in [0.2, 0.25) is 0 Å². The van der Waals surface area contributed by atoms with Gasteiger partial charge in [0, 0.05) is 0 Å². The van der Waals surface area contributed by atoms with Gasteiger partial charge in [0.25, 0.3) is 0 Å². The average Bonchev–Trinajstić information content (AvgIpc) is 2.62. The first-order valence-corrected chi connectivity index (χ1v) is 10.8. The van der Waals surface area contributed by atoms with E-state index in [0.717, 1.165) is 19.3 Å². The summed E-state index contributed by atoms with van der Waals surface area (Å²) in [5, 5.41) is 0. The van der Waals surface area contributed by atoms with E-state index in [2.05, 4.69) is 6.92 Å². The standard InChI is InChI=1S/C19H28O7S.Na/c1-2-3-4-5-6-7-10-13-25-18(20)16-11-8-9-12-17(16)19(21)26-14-15-27(22,23)24;/h8-9,11-12H,2-7,10,13-15H2,1H3,(H,22,23,24);/q;+1/p-1. The van der Waals surface area contributed by atoms with Crippen LogP contribution in [0.3, 0.4) is 0 Å². The maximum atomic E-state index is 12.2. The summed E-state index contributed by atoms with van der Waals surface area (Å²) >= 11 is 0. The number of unbranched alkanes of at least 4 members (excludes halogenated alkanes) is 6. The van der Waals surface area contributed by atoms with Crippen LogP contribution in [0.15, 0.2) is 24.3 Å². The van der Waals surface area contributed by atoms with Crippen LogP contribution >= 0.6 is 0 Å². The molecule has 0 aliphatic carbocycles. The van der Waals surface area contributed by atoms with Gasteiger partial charge in [-0.2, -0.15) is 0 Å². The molecule has 0 aromatic heterocycles. The average molecular weight is 422 g/mol. The van der Waals surface area contributed by atoms with E-state index in [1.807, 2.05) is 0 Å². The molecule has 0 spiro atoms. The zero-order valence-corrected chi connectivity index (χ0v) is 19.5. The van der Waals surface area contributed by atoms with Gasteiger partial charge in [-0.3, -0.25) is 0 Å². The van der Waals surface area contributed by atoms with E-state index >= 15 is 0 Å². The van der Waals surface area contributed by atoms with Crippen LogP contribution in [-0.4, -0.2) is 43.9 Å². The van der Waals surface area contributed by atoms with Crippen molar-refractivity contribution < 1.29 is 61.6 Å². The predicted molar refractivity (Wildman–Crippen MR) is 99.6 cm³/mol. The molecule has 0 aliphatic rings. The second-order valence-electron chi connectivity index (χ2n) is 6.20. The number of ether oxygens (including phenoxy) is 2. The van der Waals surface area contributed by atoms with Crippen LogP contribution in [-0.2, 0) is 19.6 Å². The Hall–Kier alpha value is -0.930. The Bertz CT molecular complexity index is 704.